The molecule has 0 saturated carbocycles. The summed E-state index contributed by atoms with van der Waals surface area (Å²) in [6, 6.07) is 4.74. The zero-order chi connectivity index (χ0) is 9.84. The van der Waals surface area contributed by atoms with E-state index in [1.165, 1.54) is 15.3 Å². The summed E-state index contributed by atoms with van der Waals surface area (Å²) in [5.74, 6) is 0. The minimum atomic E-state index is 0.378. The van der Waals surface area contributed by atoms with Crippen LogP contribution in [0.15, 0.2) is 23.8 Å². The molecule has 1 rings (SSSR count). The van der Waals surface area contributed by atoms with E-state index < -0.39 is 0 Å². The molecule has 1 atom stereocenters. The van der Waals surface area contributed by atoms with Crippen molar-refractivity contribution in [2.24, 2.45) is 0 Å². The lowest BCUT2D eigenvalue weighted by Crippen LogP contribution is -2.12. The SMILES string of the molecule is CNC(C=C(C)C)c1ccc(C)s1. The lowest BCUT2D eigenvalue weighted by atomic mass is 10.2. The zero-order valence-corrected chi connectivity index (χ0v) is 9.53. The molecule has 1 heterocycles. The number of hydrogen-bond acceptors (Lipinski definition) is 2. The summed E-state index contributed by atoms with van der Waals surface area (Å²) < 4.78 is 0. The molecule has 0 bridgehead atoms. The molecule has 0 aromatic carbocycles. The van der Waals surface area contributed by atoms with E-state index in [0.717, 1.165) is 0 Å². The maximum Gasteiger partial charge on any atom is 0.0600 e. The normalized spacial score (nSPS) is 12.6. The van der Waals surface area contributed by atoms with Gasteiger partial charge in [0.25, 0.3) is 0 Å². The Kier molecular flexibility index (Phi) is 3.70. The van der Waals surface area contributed by atoms with Crippen molar-refractivity contribution < 1.29 is 0 Å². The summed E-state index contributed by atoms with van der Waals surface area (Å²) in [5, 5.41) is 3.30. The topological polar surface area (TPSA) is 12.0 Å². The number of nitrogens with one attached hydrogen (secondary N) is 1. The minimum Gasteiger partial charge on any atom is -0.309 e. The lowest BCUT2D eigenvalue weighted by molar-refractivity contribution is 0.722. The van der Waals surface area contributed by atoms with E-state index in [-0.39, 0.29) is 0 Å². The van der Waals surface area contributed by atoms with Gasteiger partial charge in [-0.25, -0.2) is 0 Å². The summed E-state index contributed by atoms with van der Waals surface area (Å²) in [6.07, 6.45) is 2.26. The van der Waals surface area contributed by atoms with E-state index >= 15 is 0 Å². The smallest absolute Gasteiger partial charge is 0.0600 e. The van der Waals surface area contributed by atoms with E-state index in [0.29, 0.717) is 6.04 Å². The van der Waals surface area contributed by atoms with Crippen LogP contribution in [0.25, 0.3) is 0 Å². The molecular formula is C11H17NS. The maximum atomic E-state index is 3.30. The Bertz CT molecular complexity index is 295. The van der Waals surface area contributed by atoms with E-state index in [2.05, 4.69) is 44.3 Å². The Hall–Kier alpha value is -0.600. The molecule has 1 nitrogen and oxygen atoms in total. The zero-order valence-electron chi connectivity index (χ0n) is 8.72. The molecule has 1 unspecified atom stereocenters. The highest BCUT2D eigenvalue weighted by Gasteiger charge is 2.07. The summed E-state index contributed by atoms with van der Waals surface area (Å²) in [7, 11) is 2.00. The second kappa shape index (κ2) is 4.58. The molecule has 72 valence electrons. The molecule has 0 saturated heterocycles. The van der Waals surface area contributed by atoms with Gasteiger partial charge in [0.1, 0.15) is 0 Å². The molecule has 2 heteroatoms. The predicted octanol–water partition coefficient (Wildman–Crippen LogP) is 3.28. The first-order chi connectivity index (χ1) is 6.13. The lowest BCUT2D eigenvalue weighted by Gasteiger charge is -2.09. The quantitative estimate of drug-likeness (QED) is 0.730. The van der Waals surface area contributed by atoms with Crippen LogP contribution in [0.5, 0.6) is 0 Å². The number of thiophene rings is 1. The van der Waals surface area contributed by atoms with E-state index in [1.54, 1.807) is 0 Å². The number of hydrogen-bond donors (Lipinski definition) is 1. The highest BCUT2D eigenvalue weighted by Crippen LogP contribution is 2.24. The number of rotatable bonds is 3. The van der Waals surface area contributed by atoms with Crippen molar-refractivity contribution in [3.63, 3.8) is 0 Å². The van der Waals surface area contributed by atoms with Gasteiger partial charge >= 0.3 is 0 Å². The average Bonchev–Trinajstić information content (AvgIpc) is 2.47. The molecule has 0 aliphatic heterocycles. The van der Waals surface area contributed by atoms with Crippen molar-refractivity contribution in [3.05, 3.63) is 33.5 Å². The third-order valence-corrected chi connectivity index (χ3v) is 2.96. The van der Waals surface area contributed by atoms with Crippen LogP contribution in [-0.4, -0.2) is 7.05 Å². The largest absolute Gasteiger partial charge is 0.309 e. The van der Waals surface area contributed by atoms with Crippen molar-refractivity contribution in [2.75, 3.05) is 7.05 Å². The Morgan fingerprint density at radius 3 is 2.54 bits per heavy atom. The van der Waals surface area contributed by atoms with Crippen molar-refractivity contribution >= 4 is 11.3 Å². The Labute approximate surface area is 84.5 Å². The fraction of sp³-hybridized carbons (Fsp3) is 0.455. The second-order valence-electron chi connectivity index (χ2n) is 3.46. The summed E-state index contributed by atoms with van der Waals surface area (Å²) in [4.78, 5) is 2.76. The summed E-state index contributed by atoms with van der Waals surface area (Å²) in [5.41, 5.74) is 1.35. The number of allylic oxidation sites excluding steroid dienone is 1. The van der Waals surface area contributed by atoms with Crippen LogP contribution in [-0.2, 0) is 0 Å². The molecule has 0 aliphatic rings. The first-order valence-corrected chi connectivity index (χ1v) is 5.33. The van der Waals surface area contributed by atoms with Crippen LogP contribution in [0.1, 0.15) is 29.6 Å². The number of aryl methyl sites for hydroxylation is 1. The molecule has 1 aromatic heterocycles. The standard InChI is InChI=1S/C11H17NS/c1-8(2)7-10(12-4)11-6-5-9(3)13-11/h5-7,10,12H,1-4H3. The minimum absolute atomic E-state index is 0.378. The summed E-state index contributed by atoms with van der Waals surface area (Å²) >= 11 is 1.86. The van der Waals surface area contributed by atoms with Crippen molar-refractivity contribution in [1.29, 1.82) is 0 Å². The molecule has 0 amide bonds. The first kappa shape index (κ1) is 10.5. The maximum absolute atomic E-state index is 3.30. The van der Waals surface area contributed by atoms with Gasteiger partial charge in [-0.15, -0.1) is 11.3 Å². The number of likely N-dealkylation sites (N-methyl/N-ethyl adjacent to an activating group) is 1. The van der Waals surface area contributed by atoms with Crippen LogP contribution in [0.3, 0.4) is 0 Å². The summed E-state index contributed by atoms with van der Waals surface area (Å²) in [6.45, 7) is 6.40. The van der Waals surface area contributed by atoms with Crippen molar-refractivity contribution in [1.82, 2.24) is 5.32 Å². The van der Waals surface area contributed by atoms with E-state index in [4.69, 9.17) is 0 Å². The van der Waals surface area contributed by atoms with Crippen LogP contribution in [0.2, 0.25) is 0 Å². The van der Waals surface area contributed by atoms with E-state index in [9.17, 15) is 0 Å². The van der Waals surface area contributed by atoms with Gasteiger partial charge in [0.2, 0.25) is 0 Å². The molecule has 1 aromatic rings. The van der Waals surface area contributed by atoms with Gasteiger partial charge < -0.3 is 5.32 Å². The highest BCUT2D eigenvalue weighted by molar-refractivity contribution is 7.12. The predicted molar refractivity (Wildman–Crippen MR) is 60.3 cm³/mol. The van der Waals surface area contributed by atoms with Gasteiger partial charge in [0.15, 0.2) is 0 Å². The fourth-order valence-corrected chi connectivity index (χ4v) is 2.22. The molecular weight excluding hydrogens is 178 g/mol. The average molecular weight is 195 g/mol. The molecule has 13 heavy (non-hydrogen) atoms. The molecule has 0 fully saturated rings. The van der Waals surface area contributed by atoms with Crippen molar-refractivity contribution in [2.45, 2.75) is 26.8 Å². The highest BCUT2D eigenvalue weighted by atomic mass is 32.1. The monoisotopic (exact) mass is 195 g/mol. The van der Waals surface area contributed by atoms with Gasteiger partial charge in [-0.05, 0) is 40.0 Å². The third kappa shape index (κ3) is 2.98. The van der Waals surface area contributed by atoms with Gasteiger partial charge in [0.05, 0.1) is 6.04 Å². The van der Waals surface area contributed by atoms with Crippen LogP contribution >= 0.6 is 11.3 Å². The second-order valence-corrected chi connectivity index (χ2v) is 4.78. The van der Waals surface area contributed by atoms with Crippen molar-refractivity contribution in [3.8, 4) is 0 Å². The van der Waals surface area contributed by atoms with Gasteiger partial charge in [0, 0.05) is 9.75 Å². The Morgan fingerprint density at radius 2 is 2.15 bits per heavy atom. The van der Waals surface area contributed by atoms with Crippen LogP contribution in [0.4, 0.5) is 0 Å². The first-order valence-electron chi connectivity index (χ1n) is 4.52. The molecule has 0 radical (unpaired) electrons. The third-order valence-electron chi connectivity index (χ3n) is 1.88. The molecule has 0 aliphatic carbocycles. The van der Waals surface area contributed by atoms with Crippen LogP contribution < -0.4 is 5.32 Å². The van der Waals surface area contributed by atoms with E-state index in [1.807, 2.05) is 18.4 Å². The Morgan fingerprint density at radius 1 is 1.46 bits per heavy atom. The molecule has 0 spiro atoms. The Balaban J connectivity index is 2.84. The molecule has 1 N–H and O–H groups in total. The van der Waals surface area contributed by atoms with Gasteiger partial charge in [-0.2, -0.15) is 0 Å². The van der Waals surface area contributed by atoms with Gasteiger partial charge in [-0.3, -0.25) is 0 Å². The fourth-order valence-electron chi connectivity index (χ4n) is 1.26. The van der Waals surface area contributed by atoms with Gasteiger partial charge in [-0.1, -0.05) is 11.6 Å². The van der Waals surface area contributed by atoms with Crippen LogP contribution in [0, 0.1) is 6.92 Å².